The highest BCUT2D eigenvalue weighted by atomic mass is 31.2. The summed E-state index contributed by atoms with van der Waals surface area (Å²) in [6.07, 6.45) is 0. The van der Waals surface area contributed by atoms with Gasteiger partial charge in [0.2, 0.25) is 0 Å². The lowest BCUT2D eigenvalue weighted by atomic mass is 10.1. The second-order valence-electron chi connectivity index (χ2n) is 4.43. The molecule has 0 fully saturated rings. The molecule has 1 aromatic rings. The molecule has 1 rings (SSSR count). The highest BCUT2D eigenvalue weighted by Gasteiger charge is 2.23. The highest BCUT2D eigenvalue weighted by molar-refractivity contribution is 7.57. The van der Waals surface area contributed by atoms with E-state index in [0.717, 1.165) is 24.4 Å². The van der Waals surface area contributed by atoms with Crippen molar-refractivity contribution in [3.8, 4) is 0 Å². The number of benzene rings is 1. The van der Waals surface area contributed by atoms with Crippen LogP contribution in [0.1, 0.15) is 33.3 Å². The summed E-state index contributed by atoms with van der Waals surface area (Å²) in [4.78, 5) is 2.15. The maximum atomic E-state index is 12.8. The van der Waals surface area contributed by atoms with Crippen LogP contribution in [0.15, 0.2) is 36.1 Å². The second kappa shape index (κ2) is 9.04. The van der Waals surface area contributed by atoms with Crippen LogP contribution < -0.4 is 0 Å². The van der Waals surface area contributed by atoms with E-state index >= 15 is 0 Å². The van der Waals surface area contributed by atoms with Crippen molar-refractivity contribution in [2.24, 2.45) is 0 Å². The predicted octanol–water partition coefficient (Wildman–Crippen LogP) is 4.59. The van der Waals surface area contributed by atoms with E-state index in [1.807, 2.05) is 44.2 Å². The molecule has 0 radical (unpaired) electrons. The Morgan fingerprint density at radius 3 is 2.00 bits per heavy atom. The van der Waals surface area contributed by atoms with Gasteiger partial charge in [0.25, 0.3) is 0 Å². The van der Waals surface area contributed by atoms with Gasteiger partial charge in [0.15, 0.2) is 0 Å². The molecular formula is C16H26NO3P. The molecule has 4 nitrogen and oxygen atoms in total. The zero-order valence-electron chi connectivity index (χ0n) is 13.4. The Hall–Kier alpha value is -1.09. The Morgan fingerprint density at radius 1 is 1.05 bits per heavy atom. The van der Waals surface area contributed by atoms with E-state index in [1.165, 1.54) is 0 Å². The molecule has 0 aliphatic heterocycles. The molecule has 1 aromatic carbocycles. The van der Waals surface area contributed by atoms with E-state index in [2.05, 4.69) is 18.7 Å². The Balaban J connectivity index is 3.27. The van der Waals surface area contributed by atoms with E-state index in [4.69, 9.17) is 9.05 Å². The zero-order chi connectivity index (χ0) is 15.7. The number of hydrogen-bond acceptors (Lipinski definition) is 4. The van der Waals surface area contributed by atoms with Crippen LogP contribution in [0.3, 0.4) is 0 Å². The summed E-state index contributed by atoms with van der Waals surface area (Å²) in [6.45, 7) is 10.2. The topological polar surface area (TPSA) is 38.8 Å². The van der Waals surface area contributed by atoms with E-state index in [0.29, 0.717) is 13.2 Å². The molecule has 0 N–H and O–H groups in total. The van der Waals surface area contributed by atoms with Crippen molar-refractivity contribution in [1.29, 1.82) is 0 Å². The molecule has 0 aromatic heterocycles. The smallest absolute Gasteiger partial charge is 0.356 e. The van der Waals surface area contributed by atoms with Gasteiger partial charge in [-0.3, -0.25) is 4.57 Å². The van der Waals surface area contributed by atoms with E-state index < -0.39 is 7.60 Å². The first-order valence-electron chi connectivity index (χ1n) is 7.52. The lowest BCUT2D eigenvalue weighted by Crippen LogP contribution is -2.21. The molecule has 0 aliphatic carbocycles. The van der Waals surface area contributed by atoms with Crippen LogP contribution in [0.2, 0.25) is 0 Å². The lowest BCUT2D eigenvalue weighted by molar-refractivity contribution is 0.228. The van der Waals surface area contributed by atoms with Crippen molar-refractivity contribution >= 4 is 13.3 Å². The average molecular weight is 311 g/mol. The van der Waals surface area contributed by atoms with Gasteiger partial charge in [0.1, 0.15) is 0 Å². The Bertz CT molecular complexity index is 474. The Labute approximate surface area is 128 Å². The Kier molecular flexibility index (Phi) is 7.73. The van der Waals surface area contributed by atoms with Crippen LogP contribution in [0.25, 0.3) is 5.70 Å². The molecule has 0 atom stereocenters. The third-order valence-corrected chi connectivity index (χ3v) is 4.87. The molecule has 0 unspecified atom stereocenters. The quantitative estimate of drug-likeness (QED) is 0.625. The van der Waals surface area contributed by atoms with Crippen molar-refractivity contribution in [1.82, 2.24) is 4.90 Å². The van der Waals surface area contributed by atoms with Gasteiger partial charge in [-0.05, 0) is 33.3 Å². The number of rotatable bonds is 9. The first kappa shape index (κ1) is 18.0. The van der Waals surface area contributed by atoms with Crippen LogP contribution in [-0.4, -0.2) is 31.2 Å². The molecule has 0 heterocycles. The highest BCUT2D eigenvalue weighted by Crippen LogP contribution is 2.51. The molecular weight excluding hydrogens is 285 g/mol. The maximum absolute atomic E-state index is 12.8. The minimum Gasteiger partial charge on any atom is -0.371 e. The summed E-state index contributed by atoms with van der Waals surface area (Å²) in [5.74, 6) is 1.66. The Morgan fingerprint density at radius 2 is 1.57 bits per heavy atom. The molecule has 0 spiro atoms. The van der Waals surface area contributed by atoms with Crippen molar-refractivity contribution in [3.05, 3.63) is 41.7 Å². The largest absolute Gasteiger partial charge is 0.371 e. The third kappa shape index (κ3) is 5.31. The molecule has 0 saturated carbocycles. The summed E-state index contributed by atoms with van der Waals surface area (Å²) in [5.41, 5.74) is 1.91. The fraction of sp³-hybridized carbons (Fsp3) is 0.500. The van der Waals surface area contributed by atoms with Gasteiger partial charge in [-0.2, -0.15) is 0 Å². The van der Waals surface area contributed by atoms with Crippen LogP contribution in [-0.2, 0) is 13.6 Å². The van der Waals surface area contributed by atoms with Crippen LogP contribution in [0.4, 0.5) is 0 Å². The van der Waals surface area contributed by atoms with Gasteiger partial charge in [0, 0.05) is 13.1 Å². The summed E-state index contributed by atoms with van der Waals surface area (Å²) in [6, 6.07) is 9.92. The van der Waals surface area contributed by atoms with Gasteiger partial charge in [0.05, 0.1) is 24.7 Å². The van der Waals surface area contributed by atoms with Crippen molar-refractivity contribution in [2.75, 3.05) is 26.3 Å². The van der Waals surface area contributed by atoms with Crippen molar-refractivity contribution < 1.29 is 13.6 Å². The molecule has 0 amide bonds. The predicted molar refractivity (Wildman–Crippen MR) is 88.2 cm³/mol. The van der Waals surface area contributed by atoms with Gasteiger partial charge in [-0.25, -0.2) is 0 Å². The minimum absolute atomic E-state index is 0.355. The molecule has 0 aliphatic rings. The fourth-order valence-corrected chi connectivity index (χ4v) is 3.69. The fourth-order valence-electron chi connectivity index (χ4n) is 2.13. The monoisotopic (exact) mass is 311 g/mol. The minimum atomic E-state index is -3.22. The first-order valence-corrected chi connectivity index (χ1v) is 9.13. The summed E-state index contributed by atoms with van der Waals surface area (Å²) >= 11 is 0. The molecule has 21 heavy (non-hydrogen) atoms. The average Bonchev–Trinajstić information content (AvgIpc) is 2.49. The molecule has 118 valence electrons. The van der Waals surface area contributed by atoms with Gasteiger partial charge in [-0.15, -0.1) is 0 Å². The van der Waals surface area contributed by atoms with Gasteiger partial charge < -0.3 is 13.9 Å². The SMILES string of the molecule is CCOP(=O)(/C=C(\c1ccccc1)N(CC)CC)OCC. The summed E-state index contributed by atoms with van der Waals surface area (Å²) in [5, 5.41) is 0. The maximum Gasteiger partial charge on any atom is 0.356 e. The van der Waals surface area contributed by atoms with Crippen LogP contribution in [0, 0.1) is 0 Å². The van der Waals surface area contributed by atoms with Crippen molar-refractivity contribution in [3.63, 3.8) is 0 Å². The van der Waals surface area contributed by atoms with E-state index in [1.54, 1.807) is 5.82 Å². The lowest BCUT2D eigenvalue weighted by Gasteiger charge is -2.26. The van der Waals surface area contributed by atoms with Gasteiger partial charge in [-0.1, -0.05) is 30.3 Å². The van der Waals surface area contributed by atoms with Gasteiger partial charge >= 0.3 is 7.60 Å². The molecule has 0 bridgehead atoms. The van der Waals surface area contributed by atoms with Crippen LogP contribution >= 0.6 is 7.60 Å². The van der Waals surface area contributed by atoms with Crippen molar-refractivity contribution in [2.45, 2.75) is 27.7 Å². The van der Waals surface area contributed by atoms with Crippen LogP contribution in [0.5, 0.6) is 0 Å². The van der Waals surface area contributed by atoms with E-state index in [-0.39, 0.29) is 0 Å². The molecule has 0 saturated heterocycles. The molecule has 5 heteroatoms. The van der Waals surface area contributed by atoms with E-state index in [9.17, 15) is 4.57 Å². The first-order chi connectivity index (χ1) is 10.1. The summed E-state index contributed by atoms with van der Waals surface area (Å²) in [7, 11) is -3.22. The number of hydrogen-bond donors (Lipinski definition) is 0. The standard InChI is InChI=1S/C16H26NO3P/c1-5-17(6-2)16(15-12-10-9-11-13-15)14-21(18,19-7-3)20-8-4/h9-14H,5-8H2,1-4H3/b16-14+. The second-order valence-corrected chi connectivity index (χ2v) is 6.28. The zero-order valence-corrected chi connectivity index (χ0v) is 14.3. The third-order valence-electron chi connectivity index (χ3n) is 3.07. The normalized spacial score (nSPS) is 12.5. The number of nitrogens with zero attached hydrogens (tertiary/aromatic N) is 1. The summed E-state index contributed by atoms with van der Waals surface area (Å²) < 4.78 is 23.6.